The molecule has 19 heavy (non-hydrogen) atoms. The van der Waals surface area contributed by atoms with E-state index in [0.29, 0.717) is 11.7 Å². The number of nitrogens with one attached hydrogen (secondary N) is 1. The van der Waals surface area contributed by atoms with Crippen LogP contribution >= 0.6 is 11.3 Å². The van der Waals surface area contributed by atoms with E-state index in [9.17, 15) is 4.79 Å². The van der Waals surface area contributed by atoms with Crippen LogP contribution in [0.15, 0.2) is 40.3 Å². The van der Waals surface area contributed by atoms with Crippen LogP contribution in [0.1, 0.15) is 47.2 Å². The van der Waals surface area contributed by atoms with Gasteiger partial charge in [0.25, 0.3) is 5.91 Å². The van der Waals surface area contributed by atoms with Gasteiger partial charge in [0.2, 0.25) is 0 Å². The number of hydrogen-bond acceptors (Lipinski definition) is 3. The molecule has 0 unspecified atom stereocenters. The van der Waals surface area contributed by atoms with E-state index in [4.69, 9.17) is 4.42 Å². The van der Waals surface area contributed by atoms with E-state index in [1.54, 1.807) is 23.5 Å². The van der Waals surface area contributed by atoms with Gasteiger partial charge in [-0.3, -0.25) is 4.79 Å². The molecular weight excluding hydrogens is 258 g/mol. The fourth-order valence-corrected chi connectivity index (χ4v) is 3.67. The van der Waals surface area contributed by atoms with Crippen molar-refractivity contribution in [3.05, 3.63) is 46.5 Å². The summed E-state index contributed by atoms with van der Waals surface area (Å²) in [4.78, 5) is 13.4. The number of amides is 1. The molecule has 1 N–H and O–H groups in total. The molecule has 0 saturated heterocycles. The smallest absolute Gasteiger partial charge is 0.287 e. The van der Waals surface area contributed by atoms with Crippen LogP contribution in [0.5, 0.6) is 0 Å². The number of hydrogen-bond donors (Lipinski definition) is 1. The van der Waals surface area contributed by atoms with Crippen LogP contribution < -0.4 is 5.32 Å². The maximum atomic E-state index is 12.2. The number of carbonyl (C=O) groups is 1. The molecule has 1 aliphatic rings. The second kappa shape index (κ2) is 5.61. The maximum absolute atomic E-state index is 12.2. The third kappa shape index (κ3) is 2.73. The predicted octanol–water partition coefficient (Wildman–Crippen LogP) is 4.00. The highest BCUT2D eigenvalue weighted by Crippen LogP contribution is 2.37. The molecule has 100 valence electrons. The lowest BCUT2D eigenvalue weighted by Crippen LogP contribution is -2.32. The van der Waals surface area contributed by atoms with Gasteiger partial charge in [0, 0.05) is 4.88 Å². The van der Waals surface area contributed by atoms with Gasteiger partial charge >= 0.3 is 0 Å². The Morgan fingerprint density at radius 1 is 1.32 bits per heavy atom. The van der Waals surface area contributed by atoms with E-state index in [-0.39, 0.29) is 11.9 Å². The fraction of sp³-hybridized carbons (Fsp3) is 0.400. The third-order valence-corrected chi connectivity index (χ3v) is 4.71. The van der Waals surface area contributed by atoms with E-state index in [2.05, 4.69) is 16.8 Å². The Bertz CT molecular complexity index is 512. The fourth-order valence-electron chi connectivity index (χ4n) is 2.80. The molecule has 2 aromatic heterocycles. The van der Waals surface area contributed by atoms with Crippen molar-refractivity contribution in [1.82, 2.24) is 5.32 Å². The van der Waals surface area contributed by atoms with Gasteiger partial charge in [-0.15, -0.1) is 11.3 Å². The minimum atomic E-state index is -0.115. The molecule has 3 nitrogen and oxygen atoms in total. The van der Waals surface area contributed by atoms with Crippen LogP contribution in [-0.4, -0.2) is 5.91 Å². The van der Waals surface area contributed by atoms with E-state index in [0.717, 1.165) is 0 Å². The van der Waals surface area contributed by atoms with Gasteiger partial charge in [0.05, 0.1) is 12.3 Å². The Kier molecular flexibility index (Phi) is 3.69. The Labute approximate surface area is 116 Å². The Balaban J connectivity index is 1.77. The van der Waals surface area contributed by atoms with Gasteiger partial charge < -0.3 is 9.73 Å². The normalized spacial score (nSPS) is 17.5. The molecule has 1 fully saturated rings. The summed E-state index contributed by atoms with van der Waals surface area (Å²) in [6, 6.07) is 7.72. The molecule has 4 heteroatoms. The van der Waals surface area contributed by atoms with Crippen molar-refractivity contribution in [2.75, 3.05) is 0 Å². The average molecular weight is 275 g/mol. The first-order valence-electron chi connectivity index (χ1n) is 6.72. The second-order valence-electron chi connectivity index (χ2n) is 4.99. The van der Waals surface area contributed by atoms with Crippen LogP contribution in [0.3, 0.4) is 0 Å². The first kappa shape index (κ1) is 12.5. The summed E-state index contributed by atoms with van der Waals surface area (Å²) >= 11 is 1.71. The van der Waals surface area contributed by atoms with E-state index >= 15 is 0 Å². The molecule has 0 spiro atoms. The highest BCUT2D eigenvalue weighted by molar-refractivity contribution is 7.10. The summed E-state index contributed by atoms with van der Waals surface area (Å²) < 4.78 is 5.17. The van der Waals surface area contributed by atoms with Gasteiger partial charge in [-0.05, 0) is 42.3 Å². The SMILES string of the molecule is O=C(N[C@H](c1cccs1)C1CCCC1)c1ccco1. The molecule has 1 aliphatic carbocycles. The highest BCUT2D eigenvalue weighted by atomic mass is 32.1. The van der Waals surface area contributed by atoms with Crippen molar-refractivity contribution < 1.29 is 9.21 Å². The summed E-state index contributed by atoms with van der Waals surface area (Å²) in [6.07, 6.45) is 6.46. The predicted molar refractivity (Wildman–Crippen MR) is 75.2 cm³/mol. The van der Waals surface area contributed by atoms with Gasteiger partial charge in [0.1, 0.15) is 0 Å². The number of carbonyl (C=O) groups excluding carboxylic acids is 1. The average Bonchev–Trinajstić information content (AvgIpc) is 3.17. The van der Waals surface area contributed by atoms with Crippen molar-refractivity contribution in [3.8, 4) is 0 Å². The van der Waals surface area contributed by atoms with E-state index in [1.165, 1.54) is 36.8 Å². The lowest BCUT2D eigenvalue weighted by atomic mass is 9.96. The van der Waals surface area contributed by atoms with Crippen LogP contribution in [0, 0.1) is 5.92 Å². The number of rotatable bonds is 4. The van der Waals surface area contributed by atoms with Gasteiger partial charge in [-0.1, -0.05) is 18.9 Å². The minimum Gasteiger partial charge on any atom is -0.459 e. The Hall–Kier alpha value is -1.55. The molecular formula is C15H17NO2S. The van der Waals surface area contributed by atoms with Gasteiger partial charge in [0.15, 0.2) is 5.76 Å². The van der Waals surface area contributed by atoms with Crippen molar-refractivity contribution in [1.29, 1.82) is 0 Å². The summed E-state index contributed by atoms with van der Waals surface area (Å²) in [5, 5.41) is 5.21. The summed E-state index contributed by atoms with van der Waals surface area (Å²) in [6.45, 7) is 0. The van der Waals surface area contributed by atoms with Crippen molar-refractivity contribution >= 4 is 17.2 Å². The lowest BCUT2D eigenvalue weighted by Gasteiger charge is -2.23. The number of furan rings is 1. The standard InChI is InChI=1S/C15H17NO2S/c17-15(12-7-3-9-18-12)16-14(11-5-1-2-6-11)13-8-4-10-19-13/h3-4,7-11,14H,1-2,5-6H2,(H,16,17)/t14-/m0/s1. The second-order valence-corrected chi connectivity index (χ2v) is 5.97. The van der Waals surface area contributed by atoms with Crippen LogP contribution in [0.25, 0.3) is 0 Å². The molecule has 0 radical (unpaired) electrons. The summed E-state index contributed by atoms with van der Waals surface area (Å²) in [5.41, 5.74) is 0. The van der Waals surface area contributed by atoms with E-state index in [1.807, 2.05) is 6.07 Å². The highest BCUT2D eigenvalue weighted by Gasteiger charge is 2.29. The zero-order valence-corrected chi connectivity index (χ0v) is 11.5. The quantitative estimate of drug-likeness (QED) is 0.916. The molecule has 0 aliphatic heterocycles. The van der Waals surface area contributed by atoms with Crippen molar-refractivity contribution in [2.24, 2.45) is 5.92 Å². The summed E-state index contributed by atoms with van der Waals surface area (Å²) in [7, 11) is 0. The Morgan fingerprint density at radius 3 is 2.79 bits per heavy atom. The molecule has 0 aromatic carbocycles. The molecule has 2 aromatic rings. The van der Waals surface area contributed by atoms with Crippen LogP contribution in [-0.2, 0) is 0 Å². The minimum absolute atomic E-state index is 0.115. The lowest BCUT2D eigenvalue weighted by molar-refractivity contribution is 0.0894. The van der Waals surface area contributed by atoms with Crippen LogP contribution in [0.4, 0.5) is 0 Å². The van der Waals surface area contributed by atoms with Crippen LogP contribution in [0.2, 0.25) is 0 Å². The largest absolute Gasteiger partial charge is 0.459 e. The molecule has 3 rings (SSSR count). The van der Waals surface area contributed by atoms with Gasteiger partial charge in [-0.25, -0.2) is 0 Å². The molecule has 1 saturated carbocycles. The van der Waals surface area contributed by atoms with Crippen molar-refractivity contribution in [2.45, 2.75) is 31.7 Å². The topological polar surface area (TPSA) is 42.2 Å². The molecule has 0 bridgehead atoms. The number of thiophene rings is 1. The third-order valence-electron chi connectivity index (χ3n) is 3.75. The Morgan fingerprint density at radius 2 is 2.16 bits per heavy atom. The molecule has 1 amide bonds. The van der Waals surface area contributed by atoms with E-state index < -0.39 is 0 Å². The molecule has 1 atom stereocenters. The first-order chi connectivity index (χ1) is 9.34. The summed E-state index contributed by atoms with van der Waals surface area (Å²) in [5.74, 6) is 0.826. The molecule has 2 heterocycles. The first-order valence-corrected chi connectivity index (χ1v) is 7.60. The monoisotopic (exact) mass is 275 g/mol. The maximum Gasteiger partial charge on any atom is 0.287 e. The zero-order chi connectivity index (χ0) is 13.1. The zero-order valence-electron chi connectivity index (χ0n) is 10.7. The van der Waals surface area contributed by atoms with Gasteiger partial charge in [-0.2, -0.15) is 0 Å². The van der Waals surface area contributed by atoms with Crippen molar-refractivity contribution in [3.63, 3.8) is 0 Å².